The van der Waals surface area contributed by atoms with Gasteiger partial charge in [-0.1, -0.05) is 50.3 Å². The number of hydrogen-bond acceptors (Lipinski definition) is 5. The average Bonchev–Trinajstić information content (AvgIpc) is 3.32. The number of hydrogen-bond donors (Lipinski definition) is 4. The third kappa shape index (κ3) is 7.11. The highest BCUT2D eigenvalue weighted by Gasteiger charge is 2.29. The van der Waals surface area contributed by atoms with Gasteiger partial charge in [-0.05, 0) is 62.5 Å². The van der Waals surface area contributed by atoms with Crippen molar-refractivity contribution in [3.8, 4) is 5.69 Å². The molecule has 1 aromatic heterocycles. The lowest BCUT2D eigenvalue weighted by Gasteiger charge is -2.29. The minimum Gasteiger partial charge on any atom is -0.383 e. The summed E-state index contributed by atoms with van der Waals surface area (Å²) in [5.74, 6) is 0.339. The Morgan fingerprint density at radius 1 is 0.973 bits per heavy atom. The zero-order valence-corrected chi connectivity index (χ0v) is 21.5. The first-order valence-electron chi connectivity index (χ1n) is 13.7. The normalized spacial score (nSPS) is 21.2. The Hall–Kier alpha value is -3.36. The van der Waals surface area contributed by atoms with Crippen LogP contribution >= 0.6 is 0 Å². The first kappa shape index (κ1) is 26.7. The summed E-state index contributed by atoms with van der Waals surface area (Å²) in [5.41, 5.74) is 12.9. The minimum absolute atomic E-state index is 0.0731. The lowest BCUT2D eigenvalue weighted by atomic mass is 9.81. The molecule has 0 spiro atoms. The zero-order valence-electron chi connectivity index (χ0n) is 21.5. The molecule has 2 aliphatic rings. The number of benzene rings is 1. The lowest BCUT2D eigenvalue weighted by Crippen LogP contribution is -2.47. The molecule has 2 saturated carbocycles. The first-order valence-corrected chi connectivity index (χ1v) is 13.7. The van der Waals surface area contributed by atoms with Gasteiger partial charge in [0.25, 0.3) is 5.91 Å². The summed E-state index contributed by atoms with van der Waals surface area (Å²) in [7, 11) is 0. The molecule has 1 aromatic carbocycles. The lowest BCUT2D eigenvalue weighted by molar-refractivity contribution is -0.131. The molecule has 9 heteroatoms. The Labute approximate surface area is 218 Å². The molecular formula is C28H40N6O3. The van der Waals surface area contributed by atoms with Gasteiger partial charge in [-0.25, -0.2) is 4.68 Å². The first-order chi connectivity index (χ1) is 17.9. The van der Waals surface area contributed by atoms with E-state index in [4.69, 9.17) is 11.5 Å². The summed E-state index contributed by atoms with van der Waals surface area (Å²) in [4.78, 5) is 37.6. The van der Waals surface area contributed by atoms with E-state index >= 15 is 0 Å². The van der Waals surface area contributed by atoms with E-state index in [2.05, 4.69) is 15.7 Å². The largest absolute Gasteiger partial charge is 0.383 e. The summed E-state index contributed by atoms with van der Waals surface area (Å²) < 4.78 is 1.55. The molecule has 1 heterocycles. The molecule has 0 saturated heterocycles. The molecule has 0 unspecified atom stereocenters. The van der Waals surface area contributed by atoms with Crippen molar-refractivity contribution in [3.05, 3.63) is 42.1 Å². The van der Waals surface area contributed by atoms with E-state index in [1.165, 1.54) is 38.3 Å². The molecule has 200 valence electrons. The molecule has 0 aliphatic heterocycles. The van der Waals surface area contributed by atoms with E-state index in [9.17, 15) is 14.4 Å². The van der Waals surface area contributed by atoms with Gasteiger partial charge >= 0.3 is 0 Å². The van der Waals surface area contributed by atoms with E-state index in [1.807, 2.05) is 30.3 Å². The molecule has 6 N–H and O–H groups in total. The van der Waals surface area contributed by atoms with E-state index in [-0.39, 0.29) is 23.7 Å². The van der Waals surface area contributed by atoms with Crippen LogP contribution in [0.4, 0.5) is 5.82 Å². The molecule has 2 aromatic rings. The number of amides is 3. The van der Waals surface area contributed by atoms with Gasteiger partial charge in [-0.15, -0.1) is 0 Å². The number of rotatable bonds is 10. The van der Waals surface area contributed by atoms with Crippen molar-refractivity contribution in [2.75, 3.05) is 12.3 Å². The van der Waals surface area contributed by atoms with Gasteiger partial charge in [0.1, 0.15) is 17.4 Å². The van der Waals surface area contributed by atoms with Crippen LogP contribution in [0.25, 0.3) is 5.69 Å². The van der Waals surface area contributed by atoms with Crippen LogP contribution in [-0.4, -0.2) is 40.1 Å². The molecule has 37 heavy (non-hydrogen) atoms. The highest BCUT2D eigenvalue weighted by molar-refractivity contribution is 5.98. The van der Waals surface area contributed by atoms with Crippen LogP contribution in [0.3, 0.4) is 0 Å². The van der Waals surface area contributed by atoms with Crippen molar-refractivity contribution in [1.29, 1.82) is 0 Å². The SMILES string of the molecule is NC(=O)[C@H](CCC1CCCCC1)NC(=O)C1CCC(CNC(=O)c2cnn(-c3ccccc3)c2N)CC1. The number of primary amides is 1. The topological polar surface area (TPSA) is 145 Å². The van der Waals surface area contributed by atoms with Crippen molar-refractivity contribution in [2.45, 2.75) is 76.7 Å². The fourth-order valence-corrected chi connectivity index (χ4v) is 5.72. The Balaban J connectivity index is 1.20. The van der Waals surface area contributed by atoms with Gasteiger partial charge in [0, 0.05) is 12.5 Å². The van der Waals surface area contributed by atoms with E-state index in [0.29, 0.717) is 30.3 Å². The molecular weight excluding hydrogens is 468 g/mol. The quantitative estimate of drug-likeness (QED) is 0.389. The van der Waals surface area contributed by atoms with Crippen LogP contribution in [0.5, 0.6) is 0 Å². The zero-order chi connectivity index (χ0) is 26.2. The van der Waals surface area contributed by atoms with Gasteiger partial charge in [0.15, 0.2) is 0 Å². The fourth-order valence-electron chi connectivity index (χ4n) is 5.72. The molecule has 0 radical (unpaired) electrons. The van der Waals surface area contributed by atoms with Crippen molar-refractivity contribution >= 4 is 23.5 Å². The van der Waals surface area contributed by atoms with Gasteiger partial charge < -0.3 is 22.1 Å². The molecule has 9 nitrogen and oxygen atoms in total. The fraction of sp³-hybridized carbons (Fsp3) is 0.571. The molecule has 2 fully saturated rings. The third-order valence-corrected chi connectivity index (χ3v) is 8.07. The second kappa shape index (κ2) is 12.7. The number of carbonyl (C=O) groups excluding carboxylic acids is 3. The predicted octanol–water partition coefficient (Wildman–Crippen LogP) is 3.32. The average molecular weight is 509 g/mol. The summed E-state index contributed by atoms with van der Waals surface area (Å²) in [6.07, 6.45) is 12.4. The maximum absolute atomic E-state index is 12.9. The van der Waals surface area contributed by atoms with E-state index in [1.54, 1.807) is 4.68 Å². The standard InChI is InChI=1S/C28H40N6O3/c29-25-23(18-32-34(25)22-9-5-2-6-10-22)28(37)31-17-20-11-14-21(15-12-20)27(36)33-24(26(30)35)16-13-19-7-3-1-4-8-19/h2,5-6,9-10,18-21,24H,1,3-4,7-8,11-17,29H2,(H2,30,35)(H,31,37)(H,33,36)/t20?,21?,24-/m0/s1. The Morgan fingerprint density at radius 2 is 1.68 bits per heavy atom. The van der Waals surface area contributed by atoms with E-state index in [0.717, 1.165) is 37.8 Å². The number of para-hydroxylation sites is 1. The van der Waals surface area contributed by atoms with Crippen LogP contribution in [0, 0.1) is 17.8 Å². The van der Waals surface area contributed by atoms with Crippen LogP contribution in [0.1, 0.15) is 81.0 Å². The Kier molecular flexibility index (Phi) is 9.19. The van der Waals surface area contributed by atoms with Gasteiger partial charge in [0.05, 0.1) is 11.9 Å². The maximum Gasteiger partial charge on any atom is 0.256 e. The predicted molar refractivity (Wildman–Crippen MR) is 143 cm³/mol. The highest BCUT2D eigenvalue weighted by atomic mass is 16.2. The van der Waals surface area contributed by atoms with Gasteiger partial charge in [-0.3, -0.25) is 14.4 Å². The van der Waals surface area contributed by atoms with Crippen molar-refractivity contribution in [3.63, 3.8) is 0 Å². The number of nitrogen functional groups attached to an aromatic ring is 1. The summed E-state index contributed by atoms with van der Waals surface area (Å²) in [6, 6.07) is 8.85. The van der Waals surface area contributed by atoms with Crippen LogP contribution in [-0.2, 0) is 9.59 Å². The summed E-state index contributed by atoms with van der Waals surface area (Å²) >= 11 is 0. The second-order valence-electron chi connectivity index (χ2n) is 10.7. The Bertz CT molecular complexity index is 1060. The number of nitrogens with zero attached hydrogens (tertiary/aromatic N) is 2. The number of nitrogens with one attached hydrogen (secondary N) is 2. The number of nitrogens with two attached hydrogens (primary N) is 2. The Morgan fingerprint density at radius 3 is 2.35 bits per heavy atom. The third-order valence-electron chi connectivity index (χ3n) is 8.07. The van der Waals surface area contributed by atoms with E-state index < -0.39 is 11.9 Å². The van der Waals surface area contributed by atoms with Crippen molar-refractivity contribution < 1.29 is 14.4 Å². The maximum atomic E-state index is 12.9. The monoisotopic (exact) mass is 508 g/mol. The summed E-state index contributed by atoms with van der Waals surface area (Å²) in [6.45, 7) is 0.522. The van der Waals surface area contributed by atoms with Gasteiger partial charge in [0.2, 0.25) is 11.8 Å². The number of carbonyl (C=O) groups is 3. The smallest absolute Gasteiger partial charge is 0.256 e. The van der Waals surface area contributed by atoms with Crippen LogP contribution in [0.15, 0.2) is 36.5 Å². The summed E-state index contributed by atoms with van der Waals surface area (Å²) in [5, 5.41) is 10.2. The molecule has 2 aliphatic carbocycles. The molecule has 1 atom stereocenters. The van der Waals surface area contributed by atoms with Crippen LogP contribution in [0.2, 0.25) is 0 Å². The van der Waals surface area contributed by atoms with Crippen molar-refractivity contribution in [1.82, 2.24) is 20.4 Å². The minimum atomic E-state index is -0.589. The molecule has 0 bridgehead atoms. The van der Waals surface area contributed by atoms with Crippen molar-refractivity contribution in [2.24, 2.45) is 23.5 Å². The van der Waals surface area contributed by atoms with Gasteiger partial charge in [-0.2, -0.15) is 5.10 Å². The molecule has 4 rings (SSSR count). The second-order valence-corrected chi connectivity index (χ2v) is 10.7. The highest BCUT2D eigenvalue weighted by Crippen LogP contribution is 2.30. The number of aromatic nitrogens is 2. The van der Waals surface area contributed by atoms with Crippen LogP contribution < -0.4 is 22.1 Å². The number of anilines is 1. The molecule has 3 amide bonds.